The molecule has 6 nitrogen and oxygen atoms in total. The normalized spacial score (nSPS) is 11.0. The molecule has 0 fully saturated rings. The first-order chi connectivity index (χ1) is 12.5. The van der Waals surface area contributed by atoms with Gasteiger partial charge in [-0.15, -0.1) is 12.4 Å². The lowest BCUT2D eigenvalue weighted by Crippen LogP contribution is -2.44. The van der Waals surface area contributed by atoms with Crippen LogP contribution in [0.5, 0.6) is 5.75 Å². The third-order valence-corrected chi connectivity index (χ3v) is 3.93. The maximum Gasteiger partial charge on any atom is 0.246 e. The van der Waals surface area contributed by atoms with Crippen molar-refractivity contribution < 1.29 is 14.3 Å². The molecule has 146 valence electrons. The van der Waals surface area contributed by atoms with Crippen LogP contribution in [0, 0.1) is 0 Å². The largest absolute Gasteiger partial charge is 0.495 e. The molecule has 7 heteroatoms. The predicted octanol–water partition coefficient (Wildman–Crippen LogP) is 3.17. The first-order valence-electron chi connectivity index (χ1n) is 8.61. The van der Waals surface area contributed by atoms with Crippen molar-refractivity contribution in [1.82, 2.24) is 5.32 Å². The minimum Gasteiger partial charge on any atom is -0.495 e. The Morgan fingerprint density at radius 3 is 2.44 bits per heavy atom. The van der Waals surface area contributed by atoms with Crippen molar-refractivity contribution in [2.45, 2.75) is 32.2 Å². The Morgan fingerprint density at radius 2 is 1.85 bits per heavy atom. The van der Waals surface area contributed by atoms with Crippen LogP contribution in [0.4, 0.5) is 11.4 Å². The second-order valence-corrected chi connectivity index (χ2v) is 6.02. The highest BCUT2D eigenvalue weighted by Gasteiger charge is 2.20. The van der Waals surface area contributed by atoms with Gasteiger partial charge in [0, 0.05) is 5.69 Å². The van der Waals surface area contributed by atoms with Crippen LogP contribution in [-0.2, 0) is 16.0 Å². The molecule has 1 unspecified atom stereocenters. The van der Waals surface area contributed by atoms with Gasteiger partial charge < -0.3 is 21.1 Å². The van der Waals surface area contributed by atoms with E-state index in [2.05, 4.69) is 10.6 Å². The monoisotopic (exact) mass is 391 g/mol. The van der Waals surface area contributed by atoms with Crippen LogP contribution in [0.2, 0.25) is 0 Å². The highest BCUT2D eigenvalue weighted by Crippen LogP contribution is 2.24. The molecule has 0 bridgehead atoms. The quantitative estimate of drug-likeness (QED) is 0.602. The van der Waals surface area contributed by atoms with Gasteiger partial charge in [0.25, 0.3) is 0 Å². The lowest BCUT2D eigenvalue weighted by atomic mass is 10.1. The van der Waals surface area contributed by atoms with E-state index in [1.165, 1.54) is 7.11 Å². The summed E-state index contributed by atoms with van der Waals surface area (Å²) in [6, 6.07) is 13.9. The third kappa shape index (κ3) is 6.83. The van der Waals surface area contributed by atoms with Crippen molar-refractivity contribution in [3.05, 3.63) is 54.1 Å². The molecule has 2 aromatic rings. The van der Waals surface area contributed by atoms with Gasteiger partial charge in [0.2, 0.25) is 11.8 Å². The Bertz CT molecular complexity index is 753. The molecule has 0 spiro atoms. The molecule has 27 heavy (non-hydrogen) atoms. The van der Waals surface area contributed by atoms with E-state index in [1.54, 1.807) is 18.2 Å². The van der Waals surface area contributed by atoms with Crippen LogP contribution in [-0.4, -0.2) is 25.0 Å². The smallest absolute Gasteiger partial charge is 0.246 e. The molecule has 0 heterocycles. The second kappa shape index (κ2) is 11.1. The van der Waals surface area contributed by atoms with E-state index in [0.717, 1.165) is 12.0 Å². The van der Waals surface area contributed by atoms with Gasteiger partial charge >= 0.3 is 0 Å². The zero-order chi connectivity index (χ0) is 18.9. The molecular weight excluding hydrogens is 366 g/mol. The van der Waals surface area contributed by atoms with Crippen molar-refractivity contribution in [3.8, 4) is 5.75 Å². The van der Waals surface area contributed by atoms with E-state index < -0.39 is 6.04 Å². The summed E-state index contributed by atoms with van der Waals surface area (Å²) in [4.78, 5) is 24.8. The second-order valence-electron chi connectivity index (χ2n) is 6.02. The number of hydrogen-bond acceptors (Lipinski definition) is 4. The fourth-order valence-corrected chi connectivity index (χ4v) is 2.63. The van der Waals surface area contributed by atoms with Gasteiger partial charge in [0.05, 0.1) is 19.2 Å². The molecule has 0 aliphatic heterocycles. The Labute approximate surface area is 165 Å². The first kappa shape index (κ1) is 22.3. The van der Waals surface area contributed by atoms with Gasteiger partial charge in [0.1, 0.15) is 11.8 Å². The Balaban J connectivity index is 0.00000364. The van der Waals surface area contributed by atoms with Crippen molar-refractivity contribution in [3.63, 3.8) is 0 Å². The molecule has 0 saturated carbocycles. The number of nitrogens with one attached hydrogen (secondary N) is 2. The van der Waals surface area contributed by atoms with Crippen molar-refractivity contribution in [1.29, 1.82) is 0 Å². The Morgan fingerprint density at radius 1 is 1.15 bits per heavy atom. The maximum absolute atomic E-state index is 12.6. The number of rotatable bonds is 8. The van der Waals surface area contributed by atoms with E-state index in [4.69, 9.17) is 10.5 Å². The number of nitrogens with two attached hydrogens (primary N) is 1. The Hall–Kier alpha value is -2.73. The van der Waals surface area contributed by atoms with Crippen LogP contribution >= 0.6 is 12.4 Å². The summed E-state index contributed by atoms with van der Waals surface area (Å²) in [6.07, 6.45) is 1.57. The van der Waals surface area contributed by atoms with Gasteiger partial charge in [-0.1, -0.05) is 43.7 Å². The molecule has 1 atom stereocenters. The summed E-state index contributed by atoms with van der Waals surface area (Å²) in [5.41, 5.74) is 7.77. The molecule has 0 saturated heterocycles. The number of anilines is 2. The van der Waals surface area contributed by atoms with Crippen LogP contribution in [0.15, 0.2) is 48.5 Å². The van der Waals surface area contributed by atoms with E-state index in [9.17, 15) is 9.59 Å². The summed E-state index contributed by atoms with van der Waals surface area (Å²) < 4.78 is 5.11. The molecule has 4 N–H and O–H groups in total. The number of carbonyl (C=O) groups excluding carboxylic acids is 2. The van der Waals surface area contributed by atoms with Gasteiger partial charge in [-0.25, -0.2) is 0 Å². The van der Waals surface area contributed by atoms with Gasteiger partial charge in [-0.3, -0.25) is 9.59 Å². The standard InChI is InChI=1S/C20H25N3O3.ClH/c1-3-7-17(23-19(24)12-14-8-5-4-6-9-14)20(25)22-15-10-11-18(26-2)16(21)13-15;/h4-6,8-11,13,17H,3,7,12,21H2,1-2H3,(H,22,25)(H,23,24);1H. The molecule has 0 aliphatic rings. The molecule has 0 aromatic heterocycles. The van der Waals surface area contributed by atoms with E-state index in [-0.39, 0.29) is 30.6 Å². The number of amides is 2. The number of halogens is 1. The summed E-state index contributed by atoms with van der Waals surface area (Å²) in [6.45, 7) is 1.97. The summed E-state index contributed by atoms with van der Waals surface area (Å²) in [5, 5.41) is 5.62. The fraction of sp³-hybridized carbons (Fsp3) is 0.300. The molecule has 0 radical (unpaired) electrons. The lowest BCUT2D eigenvalue weighted by molar-refractivity contribution is -0.126. The summed E-state index contributed by atoms with van der Waals surface area (Å²) >= 11 is 0. The first-order valence-corrected chi connectivity index (χ1v) is 8.61. The SMILES string of the molecule is CCCC(NC(=O)Cc1ccccc1)C(=O)Nc1ccc(OC)c(N)c1.Cl. The van der Waals surface area contributed by atoms with Crippen LogP contribution in [0.3, 0.4) is 0 Å². The predicted molar refractivity (Wildman–Crippen MR) is 110 cm³/mol. The van der Waals surface area contributed by atoms with E-state index in [1.807, 2.05) is 37.3 Å². The van der Waals surface area contributed by atoms with Crippen LogP contribution in [0.25, 0.3) is 0 Å². The minimum absolute atomic E-state index is 0. The zero-order valence-electron chi connectivity index (χ0n) is 15.5. The number of hydrogen-bond donors (Lipinski definition) is 3. The number of ether oxygens (including phenoxy) is 1. The molecule has 2 rings (SSSR count). The summed E-state index contributed by atoms with van der Waals surface area (Å²) in [5.74, 6) is 0.0983. The van der Waals surface area contributed by atoms with Crippen molar-refractivity contribution >= 4 is 35.6 Å². The highest BCUT2D eigenvalue weighted by atomic mass is 35.5. The zero-order valence-corrected chi connectivity index (χ0v) is 16.3. The van der Waals surface area contributed by atoms with Crippen molar-refractivity contribution in [2.75, 3.05) is 18.2 Å². The van der Waals surface area contributed by atoms with Crippen LogP contribution < -0.4 is 21.1 Å². The van der Waals surface area contributed by atoms with Crippen LogP contribution in [0.1, 0.15) is 25.3 Å². The number of carbonyl (C=O) groups is 2. The molecular formula is C20H26ClN3O3. The highest BCUT2D eigenvalue weighted by molar-refractivity contribution is 5.97. The maximum atomic E-state index is 12.6. The average Bonchev–Trinajstić information content (AvgIpc) is 2.62. The molecule has 2 aromatic carbocycles. The topological polar surface area (TPSA) is 93.5 Å². The fourth-order valence-electron chi connectivity index (χ4n) is 2.63. The number of benzene rings is 2. The Kier molecular flexibility index (Phi) is 9.16. The molecule has 0 aliphatic carbocycles. The van der Waals surface area contributed by atoms with Gasteiger partial charge in [0.15, 0.2) is 0 Å². The number of methoxy groups -OCH3 is 1. The third-order valence-electron chi connectivity index (χ3n) is 3.93. The number of nitrogen functional groups attached to an aromatic ring is 1. The molecule has 2 amide bonds. The lowest BCUT2D eigenvalue weighted by Gasteiger charge is -2.18. The van der Waals surface area contributed by atoms with E-state index in [0.29, 0.717) is 23.5 Å². The minimum atomic E-state index is -0.598. The van der Waals surface area contributed by atoms with Crippen molar-refractivity contribution in [2.24, 2.45) is 0 Å². The van der Waals surface area contributed by atoms with Gasteiger partial charge in [-0.2, -0.15) is 0 Å². The average molecular weight is 392 g/mol. The summed E-state index contributed by atoms with van der Waals surface area (Å²) in [7, 11) is 1.53. The van der Waals surface area contributed by atoms with Gasteiger partial charge in [-0.05, 0) is 30.2 Å². The van der Waals surface area contributed by atoms with E-state index >= 15 is 0 Å².